The molecule has 1 aromatic rings. The average molecular weight is 279 g/mol. The van der Waals surface area contributed by atoms with Crippen LogP contribution in [0.1, 0.15) is 43.7 Å². The van der Waals surface area contributed by atoms with Gasteiger partial charge in [0.05, 0.1) is 6.04 Å². The highest BCUT2D eigenvalue weighted by molar-refractivity contribution is 5.12. The summed E-state index contributed by atoms with van der Waals surface area (Å²) in [6.07, 6.45) is 3.87. The maximum absolute atomic E-state index is 6.22. The summed E-state index contributed by atoms with van der Waals surface area (Å²) in [4.78, 5) is 4.74. The van der Waals surface area contributed by atoms with E-state index in [0.717, 1.165) is 18.1 Å². The van der Waals surface area contributed by atoms with Crippen molar-refractivity contribution in [2.75, 3.05) is 27.7 Å². The van der Waals surface area contributed by atoms with E-state index in [0.29, 0.717) is 5.54 Å². The van der Waals surface area contributed by atoms with Crippen LogP contribution in [0.15, 0.2) is 16.5 Å². The molecule has 20 heavy (non-hydrogen) atoms. The highest BCUT2D eigenvalue weighted by atomic mass is 16.3. The summed E-state index contributed by atoms with van der Waals surface area (Å²) < 4.78 is 5.82. The lowest BCUT2D eigenvalue weighted by Gasteiger charge is -2.50. The van der Waals surface area contributed by atoms with Gasteiger partial charge in [-0.3, -0.25) is 4.90 Å². The smallest absolute Gasteiger partial charge is 0.122 e. The summed E-state index contributed by atoms with van der Waals surface area (Å²) in [5, 5.41) is 0. The summed E-state index contributed by atoms with van der Waals surface area (Å²) >= 11 is 0. The first-order valence-corrected chi connectivity index (χ1v) is 7.55. The number of nitrogens with two attached hydrogens (primary N) is 1. The number of rotatable bonds is 6. The molecule has 2 unspecified atom stereocenters. The van der Waals surface area contributed by atoms with Crippen LogP contribution < -0.4 is 5.73 Å². The molecule has 1 heterocycles. The fourth-order valence-corrected chi connectivity index (χ4v) is 3.38. The van der Waals surface area contributed by atoms with Crippen LogP contribution in [0.4, 0.5) is 0 Å². The van der Waals surface area contributed by atoms with Crippen molar-refractivity contribution in [2.45, 2.75) is 50.7 Å². The minimum Gasteiger partial charge on any atom is -0.465 e. The van der Waals surface area contributed by atoms with Crippen LogP contribution in [0.5, 0.6) is 0 Å². The molecule has 1 fully saturated rings. The van der Waals surface area contributed by atoms with E-state index in [4.69, 9.17) is 10.2 Å². The predicted octanol–water partition coefficient (Wildman–Crippen LogP) is 2.39. The van der Waals surface area contributed by atoms with Gasteiger partial charge >= 0.3 is 0 Å². The lowest BCUT2D eigenvalue weighted by atomic mass is 9.75. The molecule has 2 rings (SSSR count). The molecule has 4 heteroatoms. The van der Waals surface area contributed by atoms with Crippen LogP contribution in [-0.2, 0) is 0 Å². The zero-order valence-corrected chi connectivity index (χ0v) is 13.5. The first-order valence-electron chi connectivity index (χ1n) is 7.55. The van der Waals surface area contributed by atoms with Crippen LogP contribution in [0.2, 0.25) is 0 Å². The Morgan fingerprint density at radius 2 is 1.95 bits per heavy atom. The molecule has 1 aliphatic rings. The van der Waals surface area contributed by atoms with E-state index in [2.05, 4.69) is 43.9 Å². The van der Waals surface area contributed by atoms with E-state index in [1.54, 1.807) is 0 Å². The van der Waals surface area contributed by atoms with E-state index < -0.39 is 0 Å². The molecule has 0 aliphatic heterocycles. The topological polar surface area (TPSA) is 45.6 Å². The number of likely N-dealkylation sites (N-methyl/N-ethyl adjacent to an activating group) is 2. The molecular formula is C16H29N3O. The fourth-order valence-electron chi connectivity index (χ4n) is 3.38. The largest absolute Gasteiger partial charge is 0.465 e. The first kappa shape index (κ1) is 15.5. The van der Waals surface area contributed by atoms with Gasteiger partial charge < -0.3 is 15.1 Å². The van der Waals surface area contributed by atoms with E-state index in [-0.39, 0.29) is 12.1 Å². The second kappa shape index (κ2) is 5.88. The summed E-state index contributed by atoms with van der Waals surface area (Å²) in [6.45, 7) is 5.07. The summed E-state index contributed by atoms with van der Waals surface area (Å²) in [6, 6.07) is 4.26. The quantitative estimate of drug-likeness (QED) is 0.868. The number of furan rings is 1. The van der Waals surface area contributed by atoms with Gasteiger partial charge in [0.15, 0.2) is 0 Å². The van der Waals surface area contributed by atoms with Gasteiger partial charge in [0.1, 0.15) is 11.5 Å². The second-order valence-electron chi connectivity index (χ2n) is 6.64. The summed E-state index contributed by atoms with van der Waals surface area (Å²) in [5.41, 5.74) is 6.53. The van der Waals surface area contributed by atoms with E-state index in [9.17, 15) is 0 Å². The minimum absolute atomic E-state index is 0.0461. The Morgan fingerprint density at radius 1 is 1.30 bits per heavy atom. The number of aryl methyl sites for hydroxylation is 1. The van der Waals surface area contributed by atoms with Crippen LogP contribution in [0.25, 0.3) is 0 Å². The first-order chi connectivity index (χ1) is 9.35. The van der Waals surface area contributed by atoms with Gasteiger partial charge in [-0.15, -0.1) is 0 Å². The van der Waals surface area contributed by atoms with Crippen molar-refractivity contribution in [3.63, 3.8) is 0 Å². The molecule has 2 atom stereocenters. The molecule has 1 aliphatic carbocycles. The Hall–Kier alpha value is -0.840. The van der Waals surface area contributed by atoms with Gasteiger partial charge in [0.25, 0.3) is 0 Å². The third-order valence-electron chi connectivity index (χ3n) is 4.80. The summed E-state index contributed by atoms with van der Waals surface area (Å²) in [5.74, 6) is 1.93. The maximum Gasteiger partial charge on any atom is 0.122 e. The van der Waals surface area contributed by atoms with Crippen molar-refractivity contribution >= 4 is 0 Å². The lowest BCUT2D eigenvalue weighted by molar-refractivity contribution is 0.00997. The van der Waals surface area contributed by atoms with Gasteiger partial charge in [0, 0.05) is 18.1 Å². The van der Waals surface area contributed by atoms with Crippen LogP contribution in [0, 0.1) is 6.92 Å². The molecule has 0 radical (unpaired) electrons. The fraction of sp³-hybridized carbons (Fsp3) is 0.750. The second-order valence-corrected chi connectivity index (χ2v) is 6.64. The van der Waals surface area contributed by atoms with Crippen molar-refractivity contribution in [3.8, 4) is 0 Å². The molecule has 0 saturated heterocycles. The lowest BCUT2D eigenvalue weighted by Crippen LogP contribution is -2.58. The van der Waals surface area contributed by atoms with E-state index >= 15 is 0 Å². The Kier molecular flexibility index (Phi) is 4.57. The van der Waals surface area contributed by atoms with Gasteiger partial charge in [-0.25, -0.2) is 0 Å². The Bertz CT molecular complexity index is 435. The molecule has 0 aromatic carbocycles. The van der Waals surface area contributed by atoms with Gasteiger partial charge in [-0.05, 0) is 66.4 Å². The third kappa shape index (κ3) is 2.92. The molecule has 1 saturated carbocycles. The monoisotopic (exact) mass is 279 g/mol. The van der Waals surface area contributed by atoms with Crippen molar-refractivity contribution < 1.29 is 4.42 Å². The molecule has 4 nitrogen and oxygen atoms in total. The molecule has 1 aromatic heterocycles. The Balaban J connectivity index is 2.13. The minimum atomic E-state index is 0.0461. The zero-order valence-electron chi connectivity index (χ0n) is 13.5. The normalized spacial score (nSPS) is 21.0. The van der Waals surface area contributed by atoms with Gasteiger partial charge in [-0.2, -0.15) is 0 Å². The van der Waals surface area contributed by atoms with E-state index in [1.807, 2.05) is 13.0 Å². The average Bonchev–Trinajstić information content (AvgIpc) is 2.69. The van der Waals surface area contributed by atoms with Crippen molar-refractivity contribution in [1.82, 2.24) is 9.80 Å². The van der Waals surface area contributed by atoms with Crippen molar-refractivity contribution in [3.05, 3.63) is 23.7 Å². The number of hydrogen-bond donors (Lipinski definition) is 1. The molecule has 0 spiro atoms. The van der Waals surface area contributed by atoms with Crippen molar-refractivity contribution in [1.29, 1.82) is 0 Å². The molecule has 2 N–H and O–H groups in total. The highest BCUT2D eigenvalue weighted by Gasteiger charge is 2.41. The highest BCUT2D eigenvalue weighted by Crippen LogP contribution is 2.38. The predicted molar refractivity (Wildman–Crippen MR) is 82.7 cm³/mol. The van der Waals surface area contributed by atoms with Crippen LogP contribution in [-0.4, -0.2) is 49.1 Å². The zero-order chi connectivity index (χ0) is 14.9. The van der Waals surface area contributed by atoms with Gasteiger partial charge in [0.2, 0.25) is 0 Å². The van der Waals surface area contributed by atoms with Crippen molar-refractivity contribution in [2.24, 2.45) is 5.73 Å². The Labute approximate surface area is 122 Å². The third-order valence-corrected chi connectivity index (χ3v) is 4.80. The number of nitrogens with zero attached hydrogens (tertiary/aromatic N) is 2. The SMILES string of the molecule is Cc1ccc(C(C(C)N)N(C)CC2(N(C)C)CCC2)o1. The van der Waals surface area contributed by atoms with Crippen LogP contribution >= 0.6 is 0 Å². The maximum atomic E-state index is 6.22. The molecule has 114 valence electrons. The molecule has 0 amide bonds. The number of hydrogen-bond acceptors (Lipinski definition) is 4. The van der Waals surface area contributed by atoms with Gasteiger partial charge in [-0.1, -0.05) is 0 Å². The Morgan fingerprint density at radius 3 is 2.30 bits per heavy atom. The summed E-state index contributed by atoms with van der Waals surface area (Å²) in [7, 11) is 6.53. The van der Waals surface area contributed by atoms with E-state index in [1.165, 1.54) is 19.3 Å². The van der Waals surface area contributed by atoms with Crippen LogP contribution in [0.3, 0.4) is 0 Å². The molecular weight excluding hydrogens is 250 g/mol. The molecule has 0 bridgehead atoms. The standard InChI is InChI=1S/C16H29N3O/c1-12-7-8-14(20-12)15(13(2)17)19(5)11-16(18(3)4)9-6-10-16/h7-8,13,15H,6,9-11,17H2,1-5H3.